The van der Waals surface area contributed by atoms with Crippen molar-refractivity contribution in [2.24, 2.45) is 0 Å². The summed E-state index contributed by atoms with van der Waals surface area (Å²) in [6, 6.07) is 16.2. The van der Waals surface area contributed by atoms with Crippen LogP contribution in [0.4, 0.5) is 0 Å². The van der Waals surface area contributed by atoms with Gasteiger partial charge in [0.1, 0.15) is 23.1 Å². The molecule has 0 fully saturated rings. The van der Waals surface area contributed by atoms with Crippen molar-refractivity contribution in [3.63, 3.8) is 0 Å². The molecule has 3 aromatic heterocycles. The number of hydrogen-bond acceptors (Lipinski definition) is 6. The zero-order chi connectivity index (χ0) is 30.0. The molecule has 0 saturated heterocycles. The van der Waals surface area contributed by atoms with Gasteiger partial charge in [0, 0.05) is 27.8 Å². The normalized spacial score (nSPS) is 11.2. The van der Waals surface area contributed by atoms with Crippen molar-refractivity contribution in [3.8, 4) is 5.00 Å². The van der Waals surface area contributed by atoms with Gasteiger partial charge in [-0.05, 0) is 42.7 Å². The molecule has 0 aliphatic rings. The minimum Gasteiger partial charge on any atom is -0.480 e. The highest BCUT2D eigenvalue weighted by atomic mass is 35.5. The van der Waals surface area contributed by atoms with Gasteiger partial charge in [-0.1, -0.05) is 62.7 Å². The molecule has 9 nitrogen and oxygen atoms in total. The monoisotopic (exact) mass is 603 g/mol. The van der Waals surface area contributed by atoms with E-state index in [2.05, 4.69) is 15.5 Å². The van der Waals surface area contributed by atoms with Gasteiger partial charge >= 0.3 is 5.97 Å². The van der Waals surface area contributed by atoms with Crippen LogP contribution in [0.25, 0.3) is 15.9 Å². The number of hydrogen-bond donors (Lipinski definition) is 2. The fraction of sp³-hybridized carbons (Fsp3) is 0.258. The van der Waals surface area contributed by atoms with Gasteiger partial charge in [0.2, 0.25) is 0 Å². The number of carbonyl (C=O) groups is 3. The summed E-state index contributed by atoms with van der Waals surface area (Å²) in [5, 5.41) is 23.2. The summed E-state index contributed by atoms with van der Waals surface area (Å²) in [7, 11) is 0. The number of carbonyl (C=O) groups excluding carboxylic acids is 2. The lowest BCUT2D eigenvalue weighted by Crippen LogP contribution is -2.29. The van der Waals surface area contributed by atoms with Crippen LogP contribution in [0.15, 0.2) is 54.6 Å². The fourth-order valence-electron chi connectivity index (χ4n) is 5.19. The zero-order valence-electron chi connectivity index (χ0n) is 23.5. The highest BCUT2D eigenvalue weighted by Crippen LogP contribution is 2.33. The van der Waals surface area contributed by atoms with Crippen LogP contribution < -0.4 is 5.32 Å². The summed E-state index contributed by atoms with van der Waals surface area (Å²) in [6.45, 7) is 5.58. The molecule has 1 amide bonds. The summed E-state index contributed by atoms with van der Waals surface area (Å²) in [4.78, 5) is 40.1. The van der Waals surface area contributed by atoms with Crippen LogP contribution in [0.3, 0.4) is 0 Å². The summed E-state index contributed by atoms with van der Waals surface area (Å²) < 4.78 is 3.38. The number of amides is 1. The summed E-state index contributed by atoms with van der Waals surface area (Å²) >= 11 is 7.86. The summed E-state index contributed by atoms with van der Waals surface area (Å²) in [6.07, 6.45) is 1.83. The Hall–Kier alpha value is -4.28. The number of para-hydroxylation sites is 1. The van der Waals surface area contributed by atoms with Gasteiger partial charge in [-0.15, -0.1) is 21.5 Å². The molecule has 0 bridgehead atoms. The number of aryl methyl sites for hydroxylation is 3. The topological polar surface area (TPSA) is 119 Å². The van der Waals surface area contributed by atoms with Gasteiger partial charge in [0.15, 0.2) is 11.6 Å². The standard InChI is InChI=1S/C31H30ClN5O4S/c1-4-18-15-22(29(40)21-12-7-9-13-23(21)32)31(42-18)37-25(6-3)34-35-26(37)16-33-30(41)28-19(5-2)20-11-8-10-14-24(20)36(28)17-27(38)39/h7-15H,4-6,16-17H2,1-3H3,(H,33,41)(H,38,39). The second-order valence-corrected chi connectivity index (χ2v) is 11.2. The Balaban J connectivity index is 1.54. The number of aromatic nitrogens is 4. The smallest absolute Gasteiger partial charge is 0.323 e. The largest absolute Gasteiger partial charge is 0.480 e. The highest BCUT2D eigenvalue weighted by Gasteiger charge is 2.26. The van der Waals surface area contributed by atoms with E-state index in [0.29, 0.717) is 56.9 Å². The molecule has 216 valence electrons. The van der Waals surface area contributed by atoms with Crippen molar-refractivity contribution in [1.29, 1.82) is 0 Å². The molecular formula is C31H30ClN5O4S. The maximum Gasteiger partial charge on any atom is 0.323 e. The van der Waals surface area contributed by atoms with Gasteiger partial charge in [0.05, 0.1) is 17.1 Å². The molecule has 3 heterocycles. The van der Waals surface area contributed by atoms with Crippen LogP contribution in [0.5, 0.6) is 0 Å². The number of nitrogens with one attached hydrogen (secondary N) is 1. The van der Waals surface area contributed by atoms with E-state index in [0.717, 1.165) is 22.2 Å². The SMILES string of the molecule is CCc1cc(C(=O)c2ccccc2Cl)c(-n2c(CC)nnc2CNC(=O)c2c(CC)c3ccccc3n2CC(=O)O)s1. The Morgan fingerprint density at radius 1 is 0.929 bits per heavy atom. The molecule has 2 N–H and O–H groups in total. The van der Waals surface area contributed by atoms with E-state index in [1.807, 2.05) is 55.7 Å². The number of halogens is 1. The van der Waals surface area contributed by atoms with Crippen LogP contribution >= 0.6 is 22.9 Å². The van der Waals surface area contributed by atoms with E-state index >= 15 is 0 Å². The van der Waals surface area contributed by atoms with Crippen molar-refractivity contribution >= 4 is 51.5 Å². The minimum absolute atomic E-state index is 0.0165. The van der Waals surface area contributed by atoms with E-state index in [1.54, 1.807) is 28.8 Å². The molecule has 5 rings (SSSR count). The van der Waals surface area contributed by atoms with E-state index < -0.39 is 11.9 Å². The highest BCUT2D eigenvalue weighted by molar-refractivity contribution is 7.15. The summed E-state index contributed by atoms with van der Waals surface area (Å²) in [5.41, 5.74) is 2.66. The Morgan fingerprint density at radius 2 is 1.64 bits per heavy atom. The first-order valence-electron chi connectivity index (χ1n) is 13.7. The van der Waals surface area contributed by atoms with Crippen LogP contribution in [-0.4, -0.2) is 42.1 Å². The number of ketones is 1. The number of carboxylic acid groups (broad SMARTS) is 1. The van der Waals surface area contributed by atoms with Crippen molar-refractivity contribution < 1.29 is 19.5 Å². The molecular weight excluding hydrogens is 574 g/mol. The number of benzene rings is 2. The Morgan fingerprint density at radius 3 is 2.33 bits per heavy atom. The molecule has 0 unspecified atom stereocenters. The van der Waals surface area contributed by atoms with Crippen LogP contribution in [0.1, 0.15) is 69.3 Å². The lowest BCUT2D eigenvalue weighted by Gasteiger charge is -2.13. The number of nitrogens with zero attached hydrogens (tertiary/aromatic N) is 4. The van der Waals surface area contributed by atoms with Crippen molar-refractivity contribution in [3.05, 3.63) is 98.5 Å². The first-order valence-corrected chi connectivity index (χ1v) is 14.9. The molecule has 2 aromatic carbocycles. The van der Waals surface area contributed by atoms with Crippen molar-refractivity contribution in [2.75, 3.05) is 0 Å². The average Bonchev–Trinajstić information content (AvgIpc) is 3.69. The number of rotatable bonds is 11. The molecule has 0 aliphatic carbocycles. The number of fused-ring (bicyclic) bond motifs is 1. The number of aliphatic carboxylic acids is 1. The molecule has 0 atom stereocenters. The van der Waals surface area contributed by atoms with E-state index in [-0.39, 0.29) is 18.9 Å². The minimum atomic E-state index is -1.04. The molecule has 42 heavy (non-hydrogen) atoms. The van der Waals surface area contributed by atoms with Gasteiger partial charge in [-0.3, -0.25) is 19.0 Å². The molecule has 0 saturated carbocycles. The number of thiophene rings is 1. The first-order chi connectivity index (χ1) is 20.3. The molecule has 0 spiro atoms. The van der Waals surface area contributed by atoms with Gasteiger partial charge in [-0.2, -0.15) is 0 Å². The second kappa shape index (κ2) is 12.3. The third-order valence-electron chi connectivity index (χ3n) is 7.14. The molecule has 5 aromatic rings. The third-order valence-corrected chi connectivity index (χ3v) is 8.73. The number of carboxylic acids is 1. The van der Waals surface area contributed by atoms with Crippen molar-refractivity contribution in [2.45, 2.75) is 53.1 Å². The van der Waals surface area contributed by atoms with Crippen molar-refractivity contribution in [1.82, 2.24) is 24.6 Å². The summed E-state index contributed by atoms with van der Waals surface area (Å²) in [5.74, 6) is -0.560. The predicted molar refractivity (Wildman–Crippen MR) is 163 cm³/mol. The van der Waals surface area contributed by atoms with Gasteiger partial charge in [-0.25, -0.2) is 0 Å². The molecule has 0 radical (unpaired) electrons. The van der Waals surface area contributed by atoms with Gasteiger partial charge in [0.25, 0.3) is 5.91 Å². The van der Waals surface area contributed by atoms with Gasteiger partial charge < -0.3 is 15.0 Å². The second-order valence-electron chi connectivity index (χ2n) is 9.68. The lowest BCUT2D eigenvalue weighted by molar-refractivity contribution is -0.137. The van der Waals surface area contributed by atoms with Crippen LogP contribution in [-0.2, 0) is 37.1 Å². The molecule has 0 aliphatic heterocycles. The fourth-order valence-corrected chi connectivity index (χ4v) is 6.55. The third kappa shape index (κ3) is 5.35. The maximum absolute atomic E-state index is 13.7. The maximum atomic E-state index is 13.7. The average molecular weight is 604 g/mol. The van der Waals surface area contributed by atoms with Crippen LogP contribution in [0, 0.1) is 0 Å². The van der Waals surface area contributed by atoms with Crippen LogP contribution in [0.2, 0.25) is 5.02 Å². The zero-order valence-corrected chi connectivity index (χ0v) is 25.1. The predicted octanol–water partition coefficient (Wildman–Crippen LogP) is 5.87. The molecule has 11 heteroatoms. The lowest BCUT2D eigenvalue weighted by atomic mass is 10.0. The van der Waals surface area contributed by atoms with E-state index in [1.165, 1.54) is 11.3 Å². The van der Waals surface area contributed by atoms with E-state index in [9.17, 15) is 19.5 Å². The Labute approximate surface area is 251 Å². The first kappa shape index (κ1) is 29.2. The Kier molecular flexibility index (Phi) is 8.56. The Bertz CT molecular complexity index is 1820. The van der Waals surface area contributed by atoms with E-state index in [4.69, 9.17) is 11.6 Å². The quantitative estimate of drug-likeness (QED) is 0.182.